The molecule has 8 heteroatoms. The molecule has 21 heavy (non-hydrogen) atoms. The molecule has 1 aliphatic heterocycles. The highest BCUT2D eigenvalue weighted by Gasteiger charge is 2.41. The van der Waals surface area contributed by atoms with Crippen LogP contribution in [-0.4, -0.2) is 30.1 Å². The maximum atomic E-state index is 12.6. The van der Waals surface area contributed by atoms with Gasteiger partial charge in [-0.15, -0.1) is 11.3 Å². The molecule has 0 spiro atoms. The van der Waals surface area contributed by atoms with Gasteiger partial charge in [0.2, 0.25) is 0 Å². The number of hydrogen-bond donors (Lipinski definition) is 2. The normalized spacial score (nSPS) is 18.0. The van der Waals surface area contributed by atoms with Gasteiger partial charge in [0, 0.05) is 11.4 Å². The number of halogens is 3. The highest BCUT2D eigenvalue weighted by Crippen LogP contribution is 2.34. The number of hydrazine groups is 1. The Balaban J connectivity index is 1.95. The van der Waals surface area contributed by atoms with Crippen LogP contribution in [0.1, 0.15) is 33.0 Å². The third kappa shape index (κ3) is 3.96. The van der Waals surface area contributed by atoms with Crippen molar-refractivity contribution in [2.75, 3.05) is 13.1 Å². The van der Waals surface area contributed by atoms with Crippen LogP contribution in [0.15, 0.2) is 6.07 Å². The number of likely N-dealkylation sites (tertiary alicyclic amines) is 1. The van der Waals surface area contributed by atoms with E-state index >= 15 is 0 Å². The summed E-state index contributed by atoms with van der Waals surface area (Å²) < 4.78 is 37.9. The van der Waals surface area contributed by atoms with Gasteiger partial charge in [0.15, 0.2) is 0 Å². The Kier molecular flexibility index (Phi) is 4.90. The molecule has 0 radical (unpaired) electrons. The zero-order valence-corrected chi connectivity index (χ0v) is 12.5. The fraction of sp³-hybridized carbons (Fsp3) is 0.615. The van der Waals surface area contributed by atoms with Crippen LogP contribution in [0.3, 0.4) is 0 Å². The molecule has 3 N–H and O–H groups in total. The number of hydrogen-bond acceptors (Lipinski definition) is 4. The first kappa shape index (κ1) is 16.3. The van der Waals surface area contributed by atoms with E-state index in [4.69, 9.17) is 5.84 Å². The number of aryl methyl sites for hydroxylation is 1. The first-order chi connectivity index (χ1) is 9.81. The van der Waals surface area contributed by atoms with Crippen LogP contribution in [0.2, 0.25) is 0 Å². The van der Waals surface area contributed by atoms with Crippen LogP contribution >= 0.6 is 11.3 Å². The second-order valence-electron chi connectivity index (χ2n) is 5.26. The van der Waals surface area contributed by atoms with Crippen LogP contribution in [0.5, 0.6) is 0 Å². The van der Waals surface area contributed by atoms with E-state index in [1.54, 1.807) is 6.07 Å². The first-order valence-electron chi connectivity index (χ1n) is 6.70. The van der Waals surface area contributed by atoms with E-state index in [9.17, 15) is 18.0 Å². The molecule has 4 nitrogen and oxygen atoms in total. The highest BCUT2D eigenvalue weighted by atomic mass is 32.1. The van der Waals surface area contributed by atoms with Crippen LogP contribution in [0, 0.1) is 12.8 Å². The van der Waals surface area contributed by atoms with Crippen molar-refractivity contribution in [1.82, 2.24) is 10.3 Å². The molecule has 118 valence electrons. The number of alkyl halides is 3. The lowest BCUT2D eigenvalue weighted by atomic mass is 9.96. The third-order valence-electron chi connectivity index (χ3n) is 3.82. The molecule has 2 heterocycles. The Morgan fingerprint density at radius 1 is 1.48 bits per heavy atom. The maximum absolute atomic E-state index is 12.6. The van der Waals surface area contributed by atoms with Crippen molar-refractivity contribution < 1.29 is 18.0 Å². The third-order valence-corrected chi connectivity index (χ3v) is 4.91. The zero-order chi connectivity index (χ0) is 15.6. The molecule has 1 aromatic rings. The monoisotopic (exact) mass is 321 g/mol. The minimum absolute atomic E-state index is 0.142. The Morgan fingerprint density at radius 2 is 2.10 bits per heavy atom. The smallest absolute Gasteiger partial charge is 0.299 e. The van der Waals surface area contributed by atoms with Crippen molar-refractivity contribution in [3.05, 3.63) is 21.4 Å². The number of nitrogen functional groups attached to an aromatic ring is 1. The molecule has 0 aliphatic carbocycles. The first-order valence-corrected chi connectivity index (χ1v) is 7.52. The van der Waals surface area contributed by atoms with Gasteiger partial charge < -0.3 is 0 Å². The molecule has 1 aromatic heterocycles. The standard InChI is InChI=1S/C13H18F3N3OS/c1-8-9(6-11(21-8)12(20)18-17)7-19-4-2-10(3-5-19)13(14,15)16/h6,10H,2-5,7,17H2,1H3,(H,18,20). The Morgan fingerprint density at radius 3 is 2.62 bits per heavy atom. The van der Waals surface area contributed by atoms with Crippen LogP contribution in [0.4, 0.5) is 13.2 Å². The molecule has 0 bridgehead atoms. The Bertz CT molecular complexity index is 507. The number of rotatable bonds is 3. The maximum Gasteiger partial charge on any atom is 0.391 e. The van der Waals surface area contributed by atoms with E-state index in [-0.39, 0.29) is 18.7 Å². The van der Waals surface area contributed by atoms with Crippen LogP contribution in [0.25, 0.3) is 0 Å². The average Bonchev–Trinajstić information content (AvgIpc) is 2.79. The summed E-state index contributed by atoms with van der Waals surface area (Å²) in [5.74, 6) is 3.57. The van der Waals surface area contributed by atoms with Gasteiger partial charge in [0.25, 0.3) is 5.91 Å². The largest absolute Gasteiger partial charge is 0.391 e. The van der Waals surface area contributed by atoms with Crippen molar-refractivity contribution in [2.45, 2.75) is 32.5 Å². The summed E-state index contributed by atoms with van der Waals surface area (Å²) in [6, 6.07) is 1.76. The Labute approximate surface area is 125 Å². The zero-order valence-electron chi connectivity index (χ0n) is 11.7. The van der Waals surface area contributed by atoms with Gasteiger partial charge in [-0.3, -0.25) is 15.1 Å². The average molecular weight is 321 g/mol. The van der Waals surface area contributed by atoms with Gasteiger partial charge in [-0.1, -0.05) is 0 Å². The van der Waals surface area contributed by atoms with E-state index < -0.39 is 12.1 Å². The summed E-state index contributed by atoms with van der Waals surface area (Å²) >= 11 is 1.34. The quantitative estimate of drug-likeness (QED) is 0.511. The molecule has 0 unspecified atom stereocenters. The molecule has 0 aromatic carbocycles. The molecule has 1 fully saturated rings. The number of amides is 1. The minimum atomic E-state index is -4.09. The number of thiophene rings is 1. The lowest BCUT2D eigenvalue weighted by Gasteiger charge is -2.32. The number of nitrogens with two attached hydrogens (primary N) is 1. The van der Waals surface area contributed by atoms with Gasteiger partial charge in [-0.25, -0.2) is 5.84 Å². The molecule has 1 aliphatic rings. The molecule has 0 saturated carbocycles. The molecular weight excluding hydrogens is 303 g/mol. The predicted molar refractivity (Wildman–Crippen MR) is 74.8 cm³/mol. The van der Waals surface area contributed by atoms with Gasteiger partial charge in [0.05, 0.1) is 10.8 Å². The number of carbonyl (C=O) groups excluding carboxylic acids is 1. The van der Waals surface area contributed by atoms with Gasteiger partial charge in [0.1, 0.15) is 0 Å². The second kappa shape index (κ2) is 6.33. The highest BCUT2D eigenvalue weighted by molar-refractivity contribution is 7.14. The fourth-order valence-electron chi connectivity index (χ4n) is 2.52. The van der Waals surface area contributed by atoms with E-state index in [2.05, 4.69) is 5.43 Å². The topological polar surface area (TPSA) is 58.4 Å². The molecular formula is C13H18F3N3OS. The fourth-order valence-corrected chi connectivity index (χ4v) is 3.46. The number of piperidine rings is 1. The van der Waals surface area contributed by atoms with E-state index in [0.29, 0.717) is 24.5 Å². The summed E-state index contributed by atoms with van der Waals surface area (Å²) in [5.41, 5.74) is 3.06. The Hall–Kier alpha value is -1.12. The van der Waals surface area contributed by atoms with E-state index in [1.165, 1.54) is 11.3 Å². The van der Waals surface area contributed by atoms with Crippen molar-refractivity contribution in [2.24, 2.45) is 11.8 Å². The summed E-state index contributed by atoms with van der Waals surface area (Å²) in [7, 11) is 0. The van der Waals surface area contributed by atoms with Crippen molar-refractivity contribution >= 4 is 17.2 Å². The van der Waals surface area contributed by atoms with Crippen LogP contribution in [-0.2, 0) is 6.54 Å². The van der Waals surface area contributed by atoms with Crippen LogP contribution < -0.4 is 11.3 Å². The number of nitrogens with zero attached hydrogens (tertiary/aromatic N) is 1. The summed E-state index contributed by atoms with van der Waals surface area (Å²) in [6.45, 7) is 3.33. The van der Waals surface area contributed by atoms with E-state index in [0.717, 1.165) is 10.4 Å². The van der Waals surface area contributed by atoms with Crippen molar-refractivity contribution in [3.63, 3.8) is 0 Å². The summed E-state index contributed by atoms with van der Waals surface area (Å²) in [5, 5.41) is 0. The summed E-state index contributed by atoms with van der Waals surface area (Å²) in [4.78, 5) is 15.0. The van der Waals surface area contributed by atoms with Gasteiger partial charge >= 0.3 is 6.18 Å². The number of carbonyl (C=O) groups is 1. The lowest BCUT2D eigenvalue weighted by molar-refractivity contribution is -0.185. The van der Waals surface area contributed by atoms with E-state index in [1.807, 2.05) is 11.8 Å². The molecule has 2 rings (SSSR count). The molecule has 1 amide bonds. The summed E-state index contributed by atoms with van der Waals surface area (Å²) in [6.07, 6.45) is -3.80. The van der Waals surface area contributed by atoms with Gasteiger partial charge in [-0.05, 0) is 44.5 Å². The van der Waals surface area contributed by atoms with Gasteiger partial charge in [-0.2, -0.15) is 13.2 Å². The van der Waals surface area contributed by atoms with Crippen molar-refractivity contribution in [3.8, 4) is 0 Å². The number of nitrogens with one attached hydrogen (secondary N) is 1. The lowest BCUT2D eigenvalue weighted by Crippen LogP contribution is -2.38. The van der Waals surface area contributed by atoms with Crippen molar-refractivity contribution in [1.29, 1.82) is 0 Å². The minimum Gasteiger partial charge on any atom is -0.299 e. The predicted octanol–water partition coefficient (Wildman–Crippen LogP) is 2.43. The SMILES string of the molecule is Cc1sc(C(=O)NN)cc1CN1CCC(C(F)(F)F)CC1. The molecule has 1 saturated heterocycles. The molecule has 0 atom stereocenters. The second-order valence-corrected chi connectivity index (χ2v) is 6.51.